The van der Waals surface area contributed by atoms with Gasteiger partial charge >= 0.3 is 0 Å². The van der Waals surface area contributed by atoms with Crippen LogP contribution in [0.5, 0.6) is 0 Å². The quantitative estimate of drug-likeness (QED) is 0.665. The Balaban J connectivity index is 2.19. The molecule has 0 saturated carbocycles. The lowest BCUT2D eigenvalue weighted by Crippen LogP contribution is -2.29. The highest BCUT2D eigenvalue weighted by molar-refractivity contribution is 6.42. The Bertz CT molecular complexity index is 540. The maximum absolute atomic E-state index is 5.99. The van der Waals surface area contributed by atoms with Gasteiger partial charge in [0.25, 0.3) is 0 Å². The fourth-order valence-electron chi connectivity index (χ4n) is 1.70. The molecule has 96 valence electrons. The van der Waals surface area contributed by atoms with Crippen molar-refractivity contribution in [1.82, 2.24) is 20.4 Å². The molecule has 18 heavy (non-hydrogen) atoms. The third-order valence-electron chi connectivity index (χ3n) is 2.61. The van der Waals surface area contributed by atoms with Crippen molar-refractivity contribution in [3.63, 3.8) is 0 Å². The monoisotopic (exact) mass is 285 g/mol. The number of halogens is 2. The molecule has 0 saturated heterocycles. The van der Waals surface area contributed by atoms with E-state index < -0.39 is 0 Å². The van der Waals surface area contributed by atoms with Gasteiger partial charge in [0.1, 0.15) is 0 Å². The van der Waals surface area contributed by atoms with E-state index in [1.165, 1.54) is 0 Å². The lowest BCUT2D eigenvalue weighted by atomic mass is 10.0. The topological polar surface area (TPSA) is 68.8 Å². The molecule has 1 aromatic carbocycles. The van der Waals surface area contributed by atoms with Crippen LogP contribution in [0.2, 0.25) is 10.0 Å². The van der Waals surface area contributed by atoms with E-state index in [1.54, 1.807) is 16.8 Å². The molecule has 0 bridgehead atoms. The van der Waals surface area contributed by atoms with Crippen LogP contribution in [-0.2, 0) is 13.5 Å². The second-order valence-electron chi connectivity index (χ2n) is 3.98. The Labute approximate surface area is 115 Å². The predicted octanol–water partition coefficient (Wildman–Crippen LogP) is 1.87. The van der Waals surface area contributed by atoms with Crippen LogP contribution in [0.25, 0.3) is 0 Å². The van der Waals surface area contributed by atoms with Crippen molar-refractivity contribution >= 4 is 23.2 Å². The van der Waals surface area contributed by atoms with Crippen LogP contribution in [-0.4, -0.2) is 15.0 Å². The van der Waals surface area contributed by atoms with Crippen molar-refractivity contribution in [2.24, 2.45) is 12.9 Å². The fourth-order valence-corrected chi connectivity index (χ4v) is 2.01. The largest absolute Gasteiger partial charge is 0.271 e. The van der Waals surface area contributed by atoms with Crippen molar-refractivity contribution in [3.05, 3.63) is 45.7 Å². The van der Waals surface area contributed by atoms with E-state index in [4.69, 9.17) is 29.0 Å². The maximum atomic E-state index is 5.99. The zero-order valence-corrected chi connectivity index (χ0v) is 11.3. The van der Waals surface area contributed by atoms with Gasteiger partial charge in [0.15, 0.2) is 0 Å². The minimum absolute atomic E-state index is 0.0866. The molecule has 0 amide bonds. The summed E-state index contributed by atoms with van der Waals surface area (Å²) in [6, 6.07) is 5.34. The summed E-state index contributed by atoms with van der Waals surface area (Å²) in [7, 11) is 1.82. The maximum Gasteiger partial charge on any atom is 0.0846 e. The number of aryl methyl sites for hydroxylation is 1. The predicted molar refractivity (Wildman–Crippen MR) is 71.2 cm³/mol. The van der Waals surface area contributed by atoms with Gasteiger partial charge in [-0.15, -0.1) is 5.10 Å². The third kappa shape index (κ3) is 3.00. The number of hydrazine groups is 1. The van der Waals surface area contributed by atoms with E-state index in [1.807, 2.05) is 19.3 Å². The molecule has 7 heteroatoms. The minimum atomic E-state index is -0.0866. The summed E-state index contributed by atoms with van der Waals surface area (Å²) < 4.78 is 1.65. The van der Waals surface area contributed by atoms with Gasteiger partial charge in [-0.05, 0) is 17.7 Å². The van der Waals surface area contributed by atoms with E-state index in [2.05, 4.69) is 15.7 Å². The number of hydrogen-bond donors (Lipinski definition) is 2. The van der Waals surface area contributed by atoms with E-state index in [0.29, 0.717) is 16.5 Å². The van der Waals surface area contributed by atoms with E-state index in [9.17, 15) is 0 Å². The van der Waals surface area contributed by atoms with E-state index >= 15 is 0 Å². The molecule has 0 aliphatic heterocycles. The van der Waals surface area contributed by atoms with Gasteiger partial charge in [0.05, 0.1) is 21.8 Å². The van der Waals surface area contributed by atoms with Crippen LogP contribution in [0.3, 0.4) is 0 Å². The number of nitrogens with one attached hydrogen (secondary N) is 1. The first-order valence-electron chi connectivity index (χ1n) is 5.36. The zero-order chi connectivity index (χ0) is 13.1. The van der Waals surface area contributed by atoms with Crippen molar-refractivity contribution in [1.29, 1.82) is 0 Å². The van der Waals surface area contributed by atoms with Crippen LogP contribution in [0.15, 0.2) is 24.4 Å². The van der Waals surface area contributed by atoms with Crippen LogP contribution in [0.1, 0.15) is 17.3 Å². The molecule has 0 aliphatic rings. The number of nitrogens with zero attached hydrogens (tertiary/aromatic N) is 3. The standard InChI is InChI=1S/C11H13Cl2N5/c1-18-6-8(16-17-18)5-11(15-14)7-2-3-9(12)10(13)4-7/h2-4,6,11,15H,5,14H2,1H3. The summed E-state index contributed by atoms with van der Waals surface area (Å²) in [5, 5.41) is 8.94. The first kappa shape index (κ1) is 13.3. The second kappa shape index (κ2) is 5.67. The molecule has 1 atom stereocenters. The van der Waals surface area contributed by atoms with Crippen LogP contribution >= 0.6 is 23.2 Å². The van der Waals surface area contributed by atoms with Gasteiger partial charge < -0.3 is 0 Å². The number of nitrogens with two attached hydrogens (primary N) is 1. The van der Waals surface area contributed by atoms with Gasteiger partial charge in [-0.25, -0.2) is 0 Å². The van der Waals surface area contributed by atoms with Gasteiger partial charge in [0.2, 0.25) is 0 Å². The SMILES string of the molecule is Cn1cc(CC(NN)c2ccc(Cl)c(Cl)c2)nn1. The molecule has 3 N–H and O–H groups in total. The number of aromatic nitrogens is 3. The Morgan fingerprint density at radius 3 is 2.72 bits per heavy atom. The molecule has 2 rings (SSSR count). The normalized spacial score (nSPS) is 12.7. The third-order valence-corrected chi connectivity index (χ3v) is 3.35. The Hall–Kier alpha value is -1.14. The lowest BCUT2D eigenvalue weighted by molar-refractivity contribution is 0.545. The Kier molecular flexibility index (Phi) is 4.19. The second-order valence-corrected chi connectivity index (χ2v) is 4.79. The van der Waals surface area contributed by atoms with Gasteiger partial charge in [-0.3, -0.25) is 16.0 Å². The van der Waals surface area contributed by atoms with Gasteiger partial charge in [-0.2, -0.15) is 0 Å². The summed E-state index contributed by atoms with van der Waals surface area (Å²) in [5.41, 5.74) is 4.55. The van der Waals surface area contributed by atoms with Gasteiger partial charge in [-0.1, -0.05) is 34.5 Å². The van der Waals surface area contributed by atoms with Crippen molar-refractivity contribution in [3.8, 4) is 0 Å². The summed E-state index contributed by atoms with van der Waals surface area (Å²) in [6.07, 6.45) is 2.48. The van der Waals surface area contributed by atoms with Gasteiger partial charge in [0, 0.05) is 19.7 Å². The Morgan fingerprint density at radius 1 is 1.39 bits per heavy atom. The molecule has 2 aromatic rings. The lowest BCUT2D eigenvalue weighted by Gasteiger charge is -2.15. The molecule has 0 radical (unpaired) electrons. The van der Waals surface area contributed by atoms with Crippen molar-refractivity contribution < 1.29 is 0 Å². The molecule has 0 fully saturated rings. The first-order valence-corrected chi connectivity index (χ1v) is 6.12. The first-order chi connectivity index (χ1) is 8.60. The number of benzene rings is 1. The molecule has 1 aromatic heterocycles. The molecule has 0 spiro atoms. The number of rotatable bonds is 4. The van der Waals surface area contributed by atoms with Crippen molar-refractivity contribution in [2.75, 3.05) is 0 Å². The highest BCUT2D eigenvalue weighted by Gasteiger charge is 2.13. The molecular formula is C11H13Cl2N5. The summed E-state index contributed by atoms with van der Waals surface area (Å²) in [5.74, 6) is 5.57. The number of hydrogen-bond acceptors (Lipinski definition) is 4. The smallest absolute Gasteiger partial charge is 0.0846 e. The summed E-state index contributed by atoms with van der Waals surface area (Å²) in [4.78, 5) is 0. The average Bonchev–Trinajstić information content (AvgIpc) is 2.75. The molecule has 5 nitrogen and oxygen atoms in total. The molecule has 0 aliphatic carbocycles. The van der Waals surface area contributed by atoms with Crippen LogP contribution < -0.4 is 11.3 Å². The van der Waals surface area contributed by atoms with E-state index in [-0.39, 0.29) is 6.04 Å². The van der Waals surface area contributed by atoms with Crippen molar-refractivity contribution in [2.45, 2.75) is 12.5 Å². The highest BCUT2D eigenvalue weighted by Crippen LogP contribution is 2.26. The summed E-state index contributed by atoms with van der Waals surface area (Å²) >= 11 is 11.9. The highest BCUT2D eigenvalue weighted by atomic mass is 35.5. The fraction of sp³-hybridized carbons (Fsp3) is 0.273. The van der Waals surface area contributed by atoms with Crippen LogP contribution in [0, 0.1) is 0 Å². The molecule has 1 unspecified atom stereocenters. The Morgan fingerprint density at radius 2 is 2.17 bits per heavy atom. The van der Waals surface area contributed by atoms with E-state index in [0.717, 1.165) is 11.3 Å². The molecule has 1 heterocycles. The zero-order valence-electron chi connectivity index (χ0n) is 9.77. The average molecular weight is 286 g/mol. The summed E-state index contributed by atoms with van der Waals surface area (Å²) in [6.45, 7) is 0. The molecular weight excluding hydrogens is 273 g/mol. The van der Waals surface area contributed by atoms with Crippen LogP contribution in [0.4, 0.5) is 0 Å². The minimum Gasteiger partial charge on any atom is -0.271 e.